The van der Waals surface area contributed by atoms with Crippen LogP contribution in [0, 0.1) is 10.1 Å². The molecular weight excluding hydrogens is 258 g/mol. The van der Waals surface area contributed by atoms with Crippen LogP contribution in [0.15, 0.2) is 35.9 Å². The summed E-state index contributed by atoms with van der Waals surface area (Å²) < 4.78 is 5.60. The van der Waals surface area contributed by atoms with Gasteiger partial charge in [-0.1, -0.05) is 20.4 Å². The molecule has 6 nitrogen and oxygen atoms in total. The molecule has 0 aromatic heterocycles. The zero-order chi connectivity index (χ0) is 15.1. The van der Waals surface area contributed by atoms with Crippen LogP contribution in [0.1, 0.15) is 20.8 Å². The number of nitro groups is 1. The van der Waals surface area contributed by atoms with E-state index in [1.54, 1.807) is 12.2 Å². The molecule has 1 atom stereocenters. The molecule has 6 heteroatoms. The maximum absolute atomic E-state index is 10.7. The van der Waals surface area contributed by atoms with Crippen molar-refractivity contribution in [3.63, 3.8) is 0 Å². The van der Waals surface area contributed by atoms with Crippen molar-refractivity contribution in [2.24, 2.45) is 0 Å². The van der Waals surface area contributed by atoms with Crippen molar-refractivity contribution in [1.29, 1.82) is 0 Å². The van der Waals surface area contributed by atoms with Crippen molar-refractivity contribution >= 4 is 0 Å². The third-order valence-corrected chi connectivity index (χ3v) is 3.16. The Kier molecular flexibility index (Phi) is 6.24. The summed E-state index contributed by atoms with van der Waals surface area (Å²) >= 11 is 0. The quantitative estimate of drug-likeness (QED) is 0.632. The molecule has 20 heavy (non-hydrogen) atoms. The lowest BCUT2D eigenvalue weighted by atomic mass is 10.1. The second kappa shape index (κ2) is 7.69. The number of hydrogen-bond donors (Lipinski definition) is 1. The number of hydrogen-bond acceptors (Lipinski definition) is 5. The van der Waals surface area contributed by atoms with Gasteiger partial charge in [-0.15, -0.1) is 0 Å². The Labute approximate surface area is 119 Å². The summed E-state index contributed by atoms with van der Waals surface area (Å²) in [7, 11) is 0. The lowest BCUT2D eigenvalue weighted by Gasteiger charge is -2.42. The molecule has 1 N–H and O–H groups in total. The SMILES string of the molecule is C=CC1=C(/C=C(\C)[N+](=O)[O-])N2CCNCC2CO1.CC. The Morgan fingerprint density at radius 3 is 2.90 bits per heavy atom. The first-order valence-electron chi connectivity index (χ1n) is 6.93. The Bertz CT molecular complexity index is 429. The van der Waals surface area contributed by atoms with Crippen molar-refractivity contribution in [3.8, 4) is 0 Å². The molecule has 0 bridgehead atoms. The molecule has 1 fully saturated rings. The van der Waals surface area contributed by atoms with Gasteiger partial charge < -0.3 is 15.0 Å². The van der Waals surface area contributed by atoms with Crippen LogP contribution in [0.3, 0.4) is 0 Å². The highest BCUT2D eigenvalue weighted by Crippen LogP contribution is 2.25. The van der Waals surface area contributed by atoms with E-state index in [-0.39, 0.29) is 16.7 Å². The van der Waals surface area contributed by atoms with Gasteiger partial charge in [-0.3, -0.25) is 10.1 Å². The second-order valence-electron chi connectivity index (χ2n) is 4.36. The molecule has 2 rings (SSSR count). The van der Waals surface area contributed by atoms with E-state index in [4.69, 9.17) is 4.74 Å². The molecule has 0 radical (unpaired) electrons. The number of nitrogens with zero attached hydrogens (tertiary/aromatic N) is 2. The molecule has 112 valence electrons. The van der Waals surface area contributed by atoms with Crippen LogP contribution in [0.25, 0.3) is 0 Å². The molecule has 0 aromatic rings. The first kappa shape index (κ1) is 16.2. The van der Waals surface area contributed by atoms with Crippen LogP contribution in [0.4, 0.5) is 0 Å². The van der Waals surface area contributed by atoms with Gasteiger partial charge in [0.05, 0.1) is 16.7 Å². The van der Waals surface area contributed by atoms with Gasteiger partial charge in [0.25, 0.3) is 0 Å². The van der Waals surface area contributed by atoms with Crippen LogP contribution >= 0.6 is 0 Å². The molecule has 2 aliphatic heterocycles. The zero-order valence-electron chi connectivity index (χ0n) is 12.4. The van der Waals surface area contributed by atoms with E-state index in [0.717, 1.165) is 25.3 Å². The lowest BCUT2D eigenvalue weighted by molar-refractivity contribution is -0.424. The average Bonchev–Trinajstić information content (AvgIpc) is 2.49. The Hall–Kier alpha value is -1.82. The van der Waals surface area contributed by atoms with E-state index in [1.165, 1.54) is 6.92 Å². The first-order chi connectivity index (χ1) is 9.63. The maximum Gasteiger partial charge on any atom is 0.245 e. The molecule has 1 saturated heterocycles. The maximum atomic E-state index is 10.7. The summed E-state index contributed by atoms with van der Waals surface area (Å²) in [6.07, 6.45) is 3.17. The third kappa shape index (κ3) is 3.60. The van der Waals surface area contributed by atoms with E-state index in [0.29, 0.717) is 12.4 Å². The largest absolute Gasteiger partial charge is 0.489 e. The van der Waals surface area contributed by atoms with Gasteiger partial charge in [0.15, 0.2) is 0 Å². The summed E-state index contributed by atoms with van der Waals surface area (Å²) in [6.45, 7) is 12.3. The van der Waals surface area contributed by atoms with Gasteiger partial charge >= 0.3 is 0 Å². The highest BCUT2D eigenvalue weighted by atomic mass is 16.6. The fourth-order valence-corrected chi connectivity index (χ4v) is 2.20. The molecular formula is C14H23N3O3. The zero-order valence-corrected chi connectivity index (χ0v) is 12.4. The van der Waals surface area contributed by atoms with Gasteiger partial charge in [-0.05, 0) is 6.08 Å². The Morgan fingerprint density at radius 2 is 2.30 bits per heavy atom. The van der Waals surface area contributed by atoms with Crippen molar-refractivity contribution in [1.82, 2.24) is 10.2 Å². The molecule has 0 aromatic carbocycles. The summed E-state index contributed by atoms with van der Waals surface area (Å²) in [6, 6.07) is 0.230. The fraction of sp³-hybridized carbons (Fsp3) is 0.571. The van der Waals surface area contributed by atoms with Crippen molar-refractivity contribution in [2.45, 2.75) is 26.8 Å². The Morgan fingerprint density at radius 1 is 1.60 bits per heavy atom. The van der Waals surface area contributed by atoms with Crippen LogP contribution in [-0.4, -0.2) is 42.1 Å². The molecule has 2 heterocycles. The second-order valence-corrected chi connectivity index (χ2v) is 4.36. The lowest BCUT2D eigenvalue weighted by Crippen LogP contribution is -2.54. The Balaban J connectivity index is 0.000000956. The number of fused-ring (bicyclic) bond motifs is 1. The van der Waals surface area contributed by atoms with Gasteiger partial charge in [-0.2, -0.15) is 0 Å². The standard InChI is InChI=1S/C12H17N3O3.C2H6/c1-3-12-11(6-9(2)15(16)17)14-5-4-13-7-10(14)8-18-12;1-2/h3,6,10,13H,1,4-5,7-8H2,2H3;1-2H3/b9-6+;. The minimum absolute atomic E-state index is 0.104. The number of nitrogens with one attached hydrogen (secondary N) is 1. The molecule has 0 aliphatic carbocycles. The summed E-state index contributed by atoms with van der Waals surface area (Å²) in [4.78, 5) is 12.5. The molecule has 0 spiro atoms. The van der Waals surface area contributed by atoms with Gasteiger partial charge in [-0.25, -0.2) is 0 Å². The number of piperazine rings is 1. The monoisotopic (exact) mass is 281 g/mol. The third-order valence-electron chi connectivity index (χ3n) is 3.16. The highest BCUT2D eigenvalue weighted by molar-refractivity contribution is 5.31. The van der Waals surface area contributed by atoms with Crippen LogP contribution in [-0.2, 0) is 4.74 Å². The number of rotatable bonds is 3. The molecule has 2 aliphatic rings. The highest BCUT2D eigenvalue weighted by Gasteiger charge is 2.30. The van der Waals surface area contributed by atoms with E-state index in [1.807, 2.05) is 13.8 Å². The van der Waals surface area contributed by atoms with Crippen LogP contribution < -0.4 is 5.32 Å². The van der Waals surface area contributed by atoms with Crippen molar-refractivity contribution in [3.05, 3.63) is 46.0 Å². The predicted molar refractivity (Wildman–Crippen MR) is 78.6 cm³/mol. The van der Waals surface area contributed by atoms with Crippen molar-refractivity contribution < 1.29 is 9.66 Å². The van der Waals surface area contributed by atoms with E-state index in [2.05, 4.69) is 16.8 Å². The summed E-state index contributed by atoms with van der Waals surface area (Å²) in [5.41, 5.74) is 0.865. The van der Waals surface area contributed by atoms with E-state index < -0.39 is 0 Å². The normalized spacial score (nSPS) is 22.2. The first-order valence-corrected chi connectivity index (χ1v) is 6.93. The fourth-order valence-electron chi connectivity index (χ4n) is 2.20. The molecule has 0 saturated carbocycles. The predicted octanol–water partition coefficient (Wildman–Crippen LogP) is 1.89. The minimum Gasteiger partial charge on any atom is -0.489 e. The molecule has 1 unspecified atom stereocenters. The average molecular weight is 281 g/mol. The summed E-state index contributed by atoms with van der Waals surface area (Å²) in [5.74, 6) is 0.620. The topological polar surface area (TPSA) is 67.6 Å². The molecule has 0 amide bonds. The van der Waals surface area contributed by atoms with Crippen LogP contribution in [0.2, 0.25) is 0 Å². The minimum atomic E-state index is -0.389. The van der Waals surface area contributed by atoms with Gasteiger partial charge in [0.1, 0.15) is 12.4 Å². The van der Waals surface area contributed by atoms with Crippen LogP contribution in [0.5, 0.6) is 0 Å². The smallest absolute Gasteiger partial charge is 0.245 e. The van der Waals surface area contributed by atoms with Gasteiger partial charge in [0.2, 0.25) is 5.70 Å². The number of ether oxygens (including phenoxy) is 1. The number of allylic oxidation sites excluding steroid dienone is 3. The van der Waals surface area contributed by atoms with Crippen molar-refractivity contribution in [2.75, 3.05) is 26.2 Å². The van der Waals surface area contributed by atoms with E-state index in [9.17, 15) is 10.1 Å². The van der Waals surface area contributed by atoms with E-state index >= 15 is 0 Å². The van der Waals surface area contributed by atoms with Gasteiger partial charge in [0, 0.05) is 32.6 Å². The summed E-state index contributed by atoms with van der Waals surface area (Å²) in [5, 5.41) is 14.0.